The number of rotatable bonds is 2. The fourth-order valence-corrected chi connectivity index (χ4v) is 3.69. The summed E-state index contributed by atoms with van der Waals surface area (Å²) >= 11 is 0. The summed E-state index contributed by atoms with van der Waals surface area (Å²) in [5.74, 6) is 2.00. The predicted octanol–water partition coefficient (Wildman–Crippen LogP) is 4.88. The normalized spacial score (nSPS) is 32.6. The van der Waals surface area contributed by atoms with Crippen molar-refractivity contribution in [1.82, 2.24) is 0 Å². The highest BCUT2D eigenvalue weighted by atomic mass is 28.4. The Labute approximate surface area is 107 Å². The van der Waals surface area contributed by atoms with Gasteiger partial charge in [-0.2, -0.15) is 0 Å². The highest BCUT2D eigenvalue weighted by molar-refractivity contribution is 6.74. The average molecular weight is 250 g/mol. The predicted molar refractivity (Wildman–Crippen MR) is 76.3 cm³/mol. The summed E-state index contributed by atoms with van der Waals surface area (Å²) < 4.78 is 6.53. The van der Waals surface area contributed by atoms with E-state index in [2.05, 4.69) is 59.0 Å². The van der Waals surface area contributed by atoms with Crippen LogP contribution in [0, 0.1) is 11.3 Å². The molecular formula is C15H26OSi. The van der Waals surface area contributed by atoms with E-state index >= 15 is 0 Å². The second-order valence-electron chi connectivity index (χ2n) is 7.28. The lowest BCUT2D eigenvalue weighted by Gasteiger charge is -2.40. The molecule has 0 aromatic carbocycles. The van der Waals surface area contributed by atoms with Crippen molar-refractivity contribution in [2.24, 2.45) is 11.3 Å². The Kier molecular flexibility index (Phi) is 2.85. The molecule has 0 heterocycles. The summed E-state index contributed by atoms with van der Waals surface area (Å²) in [6.45, 7) is 13.9. The van der Waals surface area contributed by atoms with E-state index in [1.54, 1.807) is 0 Å². The van der Waals surface area contributed by atoms with Crippen LogP contribution in [-0.2, 0) is 4.43 Å². The van der Waals surface area contributed by atoms with Crippen LogP contribution in [0.1, 0.15) is 40.5 Å². The van der Waals surface area contributed by atoms with E-state index in [9.17, 15) is 0 Å². The minimum Gasteiger partial charge on any atom is -0.546 e. The Balaban J connectivity index is 2.18. The van der Waals surface area contributed by atoms with Crippen LogP contribution >= 0.6 is 0 Å². The molecule has 2 aliphatic carbocycles. The van der Waals surface area contributed by atoms with Crippen LogP contribution in [0.15, 0.2) is 24.0 Å². The molecule has 0 amide bonds. The van der Waals surface area contributed by atoms with Gasteiger partial charge in [0, 0.05) is 5.41 Å². The number of hydrogen-bond acceptors (Lipinski definition) is 1. The fraction of sp³-hybridized carbons (Fsp3) is 0.733. The summed E-state index contributed by atoms with van der Waals surface area (Å²) in [6, 6.07) is 0. The lowest BCUT2D eigenvalue weighted by molar-refractivity contribution is 0.248. The van der Waals surface area contributed by atoms with Crippen LogP contribution in [0.25, 0.3) is 0 Å². The molecule has 0 fully saturated rings. The van der Waals surface area contributed by atoms with E-state index in [1.807, 2.05) is 0 Å². The van der Waals surface area contributed by atoms with Gasteiger partial charge in [0.15, 0.2) is 0 Å². The van der Waals surface area contributed by atoms with E-state index in [1.165, 1.54) is 18.6 Å². The minimum atomic E-state index is -1.68. The Morgan fingerprint density at radius 1 is 1.29 bits per heavy atom. The van der Waals surface area contributed by atoms with Crippen LogP contribution in [-0.4, -0.2) is 8.32 Å². The third-order valence-electron chi connectivity index (χ3n) is 5.02. The molecule has 17 heavy (non-hydrogen) atoms. The second-order valence-corrected chi connectivity index (χ2v) is 12.0. The zero-order chi connectivity index (χ0) is 12.9. The van der Waals surface area contributed by atoms with Crippen molar-refractivity contribution in [3.63, 3.8) is 0 Å². The molecule has 0 unspecified atom stereocenters. The summed E-state index contributed by atoms with van der Waals surface area (Å²) in [5, 5.41) is 0.282. The van der Waals surface area contributed by atoms with Crippen molar-refractivity contribution >= 4 is 8.32 Å². The van der Waals surface area contributed by atoms with Gasteiger partial charge >= 0.3 is 0 Å². The Bertz CT molecular complexity index is 373. The smallest absolute Gasteiger partial charge is 0.250 e. The van der Waals surface area contributed by atoms with Gasteiger partial charge in [0.1, 0.15) is 0 Å². The topological polar surface area (TPSA) is 9.23 Å². The molecule has 0 radical (unpaired) electrons. The standard InChI is InChI=1S/C15H26OSi/c1-14(2,3)17(5,6)16-13-10-9-12-8-7-11-15(12,13)4/h7,10-12H,8-9H2,1-6H3/t12-,15-/m1/s1. The van der Waals surface area contributed by atoms with Gasteiger partial charge in [-0.05, 0) is 49.9 Å². The van der Waals surface area contributed by atoms with Crippen molar-refractivity contribution in [1.29, 1.82) is 0 Å². The molecule has 0 saturated heterocycles. The molecule has 0 bridgehead atoms. The molecule has 2 aliphatic rings. The van der Waals surface area contributed by atoms with Gasteiger partial charge in [-0.15, -0.1) is 0 Å². The number of hydrogen-bond donors (Lipinski definition) is 0. The zero-order valence-corrected chi connectivity index (χ0v) is 13.1. The highest BCUT2D eigenvalue weighted by Gasteiger charge is 2.47. The lowest BCUT2D eigenvalue weighted by Crippen LogP contribution is -2.42. The molecule has 1 nitrogen and oxygen atoms in total. The van der Waals surface area contributed by atoms with Crippen LogP contribution in [0.2, 0.25) is 18.1 Å². The first kappa shape index (κ1) is 12.9. The van der Waals surface area contributed by atoms with Crippen molar-refractivity contribution in [3.8, 4) is 0 Å². The van der Waals surface area contributed by atoms with Gasteiger partial charge < -0.3 is 4.43 Å². The SMILES string of the molecule is CC(C)(C)[Si](C)(C)OC1=CC[C@H]2CC=C[C@@]12C. The molecule has 0 aromatic heterocycles. The molecular weight excluding hydrogens is 224 g/mol. The third-order valence-corrected chi connectivity index (χ3v) is 9.37. The quantitative estimate of drug-likeness (QED) is 0.501. The Morgan fingerprint density at radius 3 is 2.53 bits per heavy atom. The molecule has 0 aliphatic heterocycles. The van der Waals surface area contributed by atoms with Gasteiger partial charge in [-0.3, -0.25) is 0 Å². The van der Waals surface area contributed by atoms with E-state index in [0.29, 0.717) is 0 Å². The molecule has 0 spiro atoms. The maximum absolute atomic E-state index is 6.53. The first-order chi connectivity index (χ1) is 7.67. The van der Waals surface area contributed by atoms with Crippen LogP contribution < -0.4 is 0 Å². The highest BCUT2D eigenvalue weighted by Crippen LogP contribution is 2.52. The van der Waals surface area contributed by atoms with Crippen molar-refractivity contribution < 1.29 is 4.43 Å². The molecule has 96 valence electrons. The first-order valence-corrected chi connectivity index (χ1v) is 9.65. The van der Waals surface area contributed by atoms with Gasteiger partial charge in [0.05, 0.1) is 5.76 Å². The largest absolute Gasteiger partial charge is 0.546 e. The van der Waals surface area contributed by atoms with Gasteiger partial charge in [0.2, 0.25) is 8.32 Å². The lowest BCUT2D eigenvalue weighted by atomic mass is 9.82. The van der Waals surface area contributed by atoms with Gasteiger partial charge in [-0.1, -0.05) is 32.9 Å². The fourth-order valence-electron chi connectivity index (χ4n) is 2.53. The average Bonchev–Trinajstić information content (AvgIpc) is 2.64. The maximum Gasteiger partial charge on any atom is 0.250 e. The molecule has 0 saturated carbocycles. The van der Waals surface area contributed by atoms with E-state index in [4.69, 9.17) is 4.43 Å². The Morgan fingerprint density at radius 2 is 1.94 bits per heavy atom. The van der Waals surface area contributed by atoms with Crippen molar-refractivity contribution in [2.45, 2.75) is 58.7 Å². The monoisotopic (exact) mass is 250 g/mol. The van der Waals surface area contributed by atoms with Crippen LogP contribution in [0.5, 0.6) is 0 Å². The second kappa shape index (κ2) is 3.74. The summed E-state index contributed by atoms with van der Waals surface area (Å²) in [5.41, 5.74) is 0.190. The molecule has 0 aromatic rings. The van der Waals surface area contributed by atoms with E-state index < -0.39 is 8.32 Å². The number of allylic oxidation sites excluding steroid dienone is 3. The van der Waals surface area contributed by atoms with Crippen LogP contribution in [0.4, 0.5) is 0 Å². The molecule has 2 atom stereocenters. The van der Waals surface area contributed by atoms with Gasteiger partial charge in [0.25, 0.3) is 0 Å². The molecule has 2 rings (SSSR count). The molecule has 2 heteroatoms. The van der Waals surface area contributed by atoms with Gasteiger partial charge in [-0.25, -0.2) is 0 Å². The Hall–Kier alpha value is -0.503. The summed E-state index contributed by atoms with van der Waals surface area (Å²) in [6.07, 6.45) is 9.44. The zero-order valence-electron chi connectivity index (χ0n) is 12.1. The van der Waals surface area contributed by atoms with E-state index in [0.717, 1.165) is 5.92 Å². The van der Waals surface area contributed by atoms with Crippen molar-refractivity contribution in [3.05, 3.63) is 24.0 Å². The maximum atomic E-state index is 6.53. The summed E-state index contributed by atoms with van der Waals surface area (Å²) in [4.78, 5) is 0. The molecule has 0 N–H and O–H groups in total. The third kappa shape index (κ3) is 2.01. The minimum absolute atomic E-state index is 0.190. The van der Waals surface area contributed by atoms with E-state index in [-0.39, 0.29) is 10.5 Å². The van der Waals surface area contributed by atoms with Crippen LogP contribution in [0.3, 0.4) is 0 Å². The first-order valence-electron chi connectivity index (χ1n) is 6.74. The number of fused-ring (bicyclic) bond motifs is 1. The summed E-state index contributed by atoms with van der Waals surface area (Å²) in [7, 11) is -1.68. The van der Waals surface area contributed by atoms with Crippen molar-refractivity contribution in [2.75, 3.05) is 0 Å².